The average molecular weight is 339 g/mol. The van der Waals surface area contributed by atoms with Gasteiger partial charge in [-0.1, -0.05) is 26.0 Å². The summed E-state index contributed by atoms with van der Waals surface area (Å²) in [4.78, 5) is 14.1. The van der Waals surface area contributed by atoms with E-state index in [1.54, 1.807) is 18.2 Å². The molecule has 1 rings (SSSR count). The monoisotopic (exact) mass is 339 g/mol. The van der Waals surface area contributed by atoms with Crippen molar-refractivity contribution in [2.45, 2.75) is 18.7 Å². The van der Waals surface area contributed by atoms with Gasteiger partial charge in [-0.25, -0.2) is 13.1 Å². The quantitative estimate of drug-likeness (QED) is 0.660. The van der Waals surface area contributed by atoms with E-state index >= 15 is 0 Å². The van der Waals surface area contributed by atoms with Crippen molar-refractivity contribution in [1.29, 1.82) is 0 Å². The van der Waals surface area contributed by atoms with Gasteiger partial charge >= 0.3 is 0 Å². The number of hydrogen-bond acceptors (Lipinski definition) is 4. The van der Waals surface area contributed by atoms with Crippen LogP contribution in [-0.2, 0) is 14.8 Å². The van der Waals surface area contributed by atoms with Gasteiger partial charge < -0.3 is 10.2 Å². The number of carbonyl (C=O) groups excluding carboxylic acids is 1. The van der Waals surface area contributed by atoms with Crippen LogP contribution in [0.3, 0.4) is 0 Å². The molecule has 0 aromatic heterocycles. The molecule has 0 unspecified atom stereocenters. The molecule has 0 aliphatic rings. The van der Waals surface area contributed by atoms with Crippen LogP contribution in [-0.4, -0.2) is 52.5 Å². The molecular formula is C16H25N3O3S. The lowest BCUT2D eigenvalue weighted by molar-refractivity contribution is -0.116. The largest absolute Gasteiger partial charge is 0.351 e. The van der Waals surface area contributed by atoms with Crippen molar-refractivity contribution in [3.8, 4) is 0 Å². The van der Waals surface area contributed by atoms with Crippen molar-refractivity contribution >= 4 is 22.0 Å². The fraction of sp³-hybridized carbons (Fsp3) is 0.438. The number of amides is 1. The third-order valence-corrected chi connectivity index (χ3v) is 4.94. The van der Waals surface area contributed by atoms with Gasteiger partial charge in [0.25, 0.3) is 0 Å². The van der Waals surface area contributed by atoms with Crippen LogP contribution in [0.1, 0.15) is 19.4 Å². The van der Waals surface area contributed by atoms with E-state index in [0.29, 0.717) is 6.54 Å². The molecule has 0 fully saturated rings. The molecule has 0 bridgehead atoms. The molecule has 0 spiro atoms. The molecule has 0 aliphatic heterocycles. The second kappa shape index (κ2) is 9.44. The van der Waals surface area contributed by atoms with Gasteiger partial charge in [-0.15, -0.1) is 0 Å². The van der Waals surface area contributed by atoms with Crippen LogP contribution >= 0.6 is 0 Å². The summed E-state index contributed by atoms with van der Waals surface area (Å²) in [6.07, 6.45) is 3.10. The molecule has 0 saturated heterocycles. The number of nitrogens with zero attached hydrogens (tertiary/aromatic N) is 1. The van der Waals surface area contributed by atoms with Crippen LogP contribution in [0.2, 0.25) is 0 Å². The molecule has 0 saturated carbocycles. The maximum atomic E-state index is 11.7. The Kier molecular flexibility index (Phi) is 7.94. The number of nitrogens with one attached hydrogen (secondary N) is 2. The van der Waals surface area contributed by atoms with Gasteiger partial charge in [-0.05, 0) is 43.9 Å². The molecule has 0 radical (unpaired) electrons. The molecule has 7 heteroatoms. The minimum atomic E-state index is -3.43. The van der Waals surface area contributed by atoms with Crippen LogP contribution in [0.4, 0.5) is 0 Å². The summed E-state index contributed by atoms with van der Waals surface area (Å²) < 4.78 is 25.5. The highest BCUT2D eigenvalue weighted by atomic mass is 32.2. The SMILES string of the molecule is CCN(CC)CCNC(=O)/C=C/c1ccc(S(=O)(=O)NC)cc1. The lowest BCUT2D eigenvalue weighted by Crippen LogP contribution is -2.34. The van der Waals surface area contributed by atoms with Crippen LogP contribution in [0.15, 0.2) is 35.2 Å². The maximum Gasteiger partial charge on any atom is 0.244 e. The molecule has 23 heavy (non-hydrogen) atoms. The Bertz CT molecular complexity index is 620. The van der Waals surface area contributed by atoms with E-state index in [1.807, 2.05) is 0 Å². The first kappa shape index (κ1) is 19.3. The normalized spacial score (nSPS) is 12.0. The summed E-state index contributed by atoms with van der Waals surface area (Å²) in [5.74, 6) is -0.163. The van der Waals surface area contributed by atoms with Crippen LogP contribution in [0, 0.1) is 0 Å². The third-order valence-electron chi connectivity index (χ3n) is 3.51. The van der Waals surface area contributed by atoms with Crippen LogP contribution < -0.4 is 10.0 Å². The Hall–Kier alpha value is -1.70. The van der Waals surface area contributed by atoms with Gasteiger partial charge in [-0.3, -0.25) is 4.79 Å². The van der Waals surface area contributed by atoms with Gasteiger partial charge in [0.05, 0.1) is 4.90 Å². The van der Waals surface area contributed by atoms with Gasteiger partial charge in [0.2, 0.25) is 15.9 Å². The van der Waals surface area contributed by atoms with E-state index in [2.05, 4.69) is 28.8 Å². The number of sulfonamides is 1. The van der Waals surface area contributed by atoms with Crippen molar-refractivity contribution < 1.29 is 13.2 Å². The van der Waals surface area contributed by atoms with Crippen molar-refractivity contribution in [1.82, 2.24) is 14.9 Å². The molecule has 1 aromatic rings. The second-order valence-corrected chi connectivity index (χ2v) is 6.81. The Morgan fingerprint density at radius 1 is 1.17 bits per heavy atom. The summed E-state index contributed by atoms with van der Waals surface area (Å²) in [5.41, 5.74) is 0.763. The van der Waals surface area contributed by atoms with E-state index in [0.717, 1.165) is 25.2 Å². The number of likely N-dealkylation sites (N-methyl/N-ethyl adjacent to an activating group) is 1. The van der Waals surface area contributed by atoms with E-state index in [1.165, 1.54) is 25.3 Å². The van der Waals surface area contributed by atoms with Gasteiger partial charge in [0, 0.05) is 19.2 Å². The molecule has 0 atom stereocenters. The molecular weight excluding hydrogens is 314 g/mol. The second-order valence-electron chi connectivity index (χ2n) is 4.93. The Morgan fingerprint density at radius 2 is 1.78 bits per heavy atom. The van der Waals surface area contributed by atoms with Crippen molar-refractivity contribution in [2.75, 3.05) is 33.2 Å². The third kappa shape index (κ3) is 6.52. The Balaban J connectivity index is 2.52. The van der Waals surface area contributed by atoms with Gasteiger partial charge in [0.15, 0.2) is 0 Å². The predicted molar refractivity (Wildman–Crippen MR) is 92.5 cm³/mol. The zero-order valence-corrected chi connectivity index (χ0v) is 14.7. The maximum absolute atomic E-state index is 11.7. The van der Waals surface area contributed by atoms with Crippen LogP contribution in [0.25, 0.3) is 6.08 Å². The number of hydrogen-bond donors (Lipinski definition) is 2. The molecule has 0 heterocycles. The number of rotatable bonds is 9. The van der Waals surface area contributed by atoms with Crippen molar-refractivity contribution in [3.63, 3.8) is 0 Å². The first-order chi connectivity index (χ1) is 10.9. The summed E-state index contributed by atoms with van der Waals surface area (Å²) in [7, 11) is -2.06. The zero-order chi connectivity index (χ0) is 17.3. The Labute approximate surface area is 138 Å². The lowest BCUT2D eigenvalue weighted by atomic mass is 10.2. The average Bonchev–Trinajstić information content (AvgIpc) is 2.57. The topological polar surface area (TPSA) is 78.5 Å². The summed E-state index contributed by atoms with van der Waals surface area (Å²) in [6, 6.07) is 6.32. The van der Waals surface area contributed by atoms with E-state index < -0.39 is 10.0 Å². The minimum Gasteiger partial charge on any atom is -0.351 e. The summed E-state index contributed by atoms with van der Waals surface area (Å²) in [5, 5.41) is 2.82. The number of carbonyl (C=O) groups is 1. The lowest BCUT2D eigenvalue weighted by Gasteiger charge is -2.17. The highest BCUT2D eigenvalue weighted by molar-refractivity contribution is 7.89. The summed E-state index contributed by atoms with van der Waals surface area (Å²) in [6.45, 7) is 7.52. The van der Waals surface area contributed by atoms with Gasteiger partial charge in [0.1, 0.15) is 0 Å². The van der Waals surface area contributed by atoms with E-state index in [-0.39, 0.29) is 10.8 Å². The molecule has 6 nitrogen and oxygen atoms in total. The molecule has 2 N–H and O–H groups in total. The fourth-order valence-corrected chi connectivity index (χ4v) is 2.71. The standard InChI is InChI=1S/C16H25N3O3S/c1-4-19(5-2)13-12-18-16(20)11-8-14-6-9-15(10-7-14)23(21,22)17-3/h6-11,17H,4-5,12-13H2,1-3H3,(H,18,20)/b11-8+. The number of benzene rings is 1. The molecule has 1 aromatic carbocycles. The van der Waals surface area contributed by atoms with E-state index in [4.69, 9.17) is 0 Å². The predicted octanol–water partition coefficient (Wildman–Crippen LogP) is 1.07. The van der Waals surface area contributed by atoms with Gasteiger partial charge in [-0.2, -0.15) is 0 Å². The van der Waals surface area contributed by atoms with Crippen molar-refractivity contribution in [3.05, 3.63) is 35.9 Å². The molecule has 1 amide bonds. The van der Waals surface area contributed by atoms with E-state index in [9.17, 15) is 13.2 Å². The zero-order valence-electron chi connectivity index (χ0n) is 13.9. The smallest absolute Gasteiger partial charge is 0.244 e. The Morgan fingerprint density at radius 3 is 2.30 bits per heavy atom. The van der Waals surface area contributed by atoms with Crippen LogP contribution in [0.5, 0.6) is 0 Å². The fourth-order valence-electron chi connectivity index (χ4n) is 1.98. The minimum absolute atomic E-state index is 0.163. The highest BCUT2D eigenvalue weighted by Gasteiger charge is 2.09. The van der Waals surface area contributed by atoms with Crippen molar-refractivity contribution in [2.24, 2.45) is 0 Å². The molecule has 128 valence electrons. The summed E-state index contributed by atoms with van der Waals surface area (Å²) >= 11 is 0. The first-order valence-electron chi connectivity index (χ1n) is 7.64. The first-order valence-corrected chi connectivity index (χ1v) is 9.13. The highest BCUT2D eigenvalue weighted by Crippen LogP contribution is 2.11. The molecule has 0 aliphatic carbocycles.